The first-order valence-electron chi connectivity index (χ1n) is 9.66. The van der Waals surface area contributed by atoms with Crippen LogP contribution in [0.25, 0.3) is 27.8 Å². The van der Waals surface area contributed by atoms with E-state index in [-0.39, 0.29) is 11.2 Å². The standard InChI is InChI=1S/C20H19F2N7O2/c1-27-15(28-5-7-31-8-6-28)9-14(26-27)11-10-29(18-12(21)3-2-4-13(18)22)20(30)16-17(11)24-25-19(16)23/h2-4,9-10H,5-8H2,1H3,(H3,23,24,25). The van der Waals surface area contributed by atoms with E-state index in [9.17, 15) is 13.6 Å². The lowest BCUT2D eigenvalue weighted by Gasteiger charge is -2.28. The highest BCUT2D eigenvalue weighted by Crippen LogP contribution is 2.31. The molecule has 3 N–H and O–H groups in total. The van der Waals surface area contributed by atoms with E-state index in [1.165, 1.54) is 12.3 Å². The van der Waals surface area contributed by atoms with Gasteiger partial charge in [-0.25, -0.2) is 8.78 Å². The number of benzene rings is 1. The smallest absolute Gasteiger partial charge is 0.268 e. The quantitative estimate of drug-likeness (QED) is 0.517. The summed E-state index contributed by atoms with van der Waals surface area (Å²) in [6, 6.07) is 5.26. The summed E-state index contributed by atoms with van der Waals surface area (Å²) in [6.07, 6.45) is 1.36. The molecule has 0 radical (unpaired) electrons. The summed E-state index contributed by atoms with van der Waals surface area (Å²) in [6.45, 7) is 2.65. The van der Waals surface area contributed by atoms with Crippen LogP contribution >= 0.6 is 0 Å². The fourth-order valence-corrected chi connectivity index (χ4v) is 3.90. The maximum atomic E-state index is 14.5. The molecule has 0 saturated carbocycles. The minimum Gasteiger partial charge on any atom is -0.382 e. The molecule has 1 saturated heterocycles. The van der Waals surface area contributed by atoms with Gasteiger partial charge in [-0.15, -0.1) is 0 Å². The Labute approximate surface area is 174 Å². The van der Waals surface area contributed by atoms with Crippen molar-refractivity contribution in [1.82, 2.24) is 24.5 Å². The molecule has 4 aromatic rings. The molecule has 5 rings (SSSR count). The number of nitrogen functional groups attached to an aromatic ring is 1. The fourth-order valence-electron chi connectivity index (χ4n) is 3.90. The SMILES string of the molecule is Cn1nc(-c2cn(-c3c(F)cccc3F)c(=O)c3c(N)n[nH]c23)cc1N1CCOCC1. The van der Waals surface area contributed by atoms with E-state index < -0.39 is 22.9 Å². The molecular weight excluding hydrogens is 408 g/mol. The molecule has 0 spiro atoms. The molecule has 1 aliphatic heterocycles. The van der Waals surface area contributed by atoms with Crippen molar-refractivity contribution in [2.75, 3.05) is 36.9 Å². The highest BCUT2D eigenvalue weighted by Gasteiger charge is 2.23. The van der Waals surface area contributed by atoms with Crippen molar-refractivity contribution in [2.24, 2.45) is 7.05 Å². The van der Waals surface area contributed by atoms with Crippen LogP contribution in [0.5, 0.6) is 0 Å². The van der Waals surface area contributed by atoms with E-state index in [0.29, 0.717) is 43.1 Å². The monoisotopic (exact) mass is 427 g/mol. The fraction of sp³-hybridized carbons (Fsp3) is 0.250. The number of nitrogens with zero attached hydrogens (tertiary/aromatic N) is 5. The molecule has 0 unspecified atom stereocenters. The van der Waals surface area contributed by atoms with Gasteiger partial charge < -0.3 is 15.4 Å². The topological polar surface area (TPSA) is 107 Å². The first-order chi connectivity index (χ1) is 15.0. The van der Waals surface area contributed by atoms with E-state index in [1.807, 2.05) is 6.07 Å². The molecule has 0 aliphatic carbocycles. The van der Waals surface area contributed by atoms with Gasteiger partial charge in [0.2, 0.25) is 0 Å². The Hall–Kier alpha value is -3.73. The zero-order valence-electron chi connectivity index (χ0n) is 16.6. The van der Waals surface area contributed by atoms with Crippen LogP contribution in [0.3, 0.4) is 0 Å². The van der Waals surface area contributed by atoms with Crippen LogP contribution in [-0.2, 0) is 11.8 Å². The minimum absolute atomic E-state index is 0.0405. The Balaban J connectivity index is 1.75. The number of hydrogen-bond acceptors (Lipinski definition) is 6. The molecule has 31 heavy (non-hydrogen) atoms. The predicted octanol–water partition coefficient (Wildman–Crippen LogP) is 1.81. The number of H-pyrrole nitrogens is 1. The maximum absolute atomic E-state index is 14.5. The number of nitrogens with one attached hydrogen (secondary N) is 1. The van der Waals surface area contributed by atoms with Crippen molar-refractivity contribution in [2.45, 2.75) is 0 Å². The first-order valence-corrected chi connectivity index (χ1v) is 9.66. The van der Waals surface area contributed by atoms with Crippen molar-refractivity contribution in [1.29, 1.82) is 0 Å². The Morgan fingerprint density at radius 1 is 1.19 bits per heavy atom. The largest absolute Gasteiger partial charge is 0.382 e. The number of anilines is 2. The van der Waals surface area contributed by atoms with Crippen LogP contribution in [0.1, 0.15) is 0 Å². The van der Waals surface area contributed by atoms with Gasteiger partial charge >= 0.3 is 0 Å². The molecule has 1 aromatic carbocycles. The normalized spacial score (nSPS) is 14.5. The molecule has 3 aromatic heterocycles. The van der Waals surface area contributed by atoms with Crippen LogP contribution < -0.4 is 16.2 Å². The lowest BCUT2D eigenvalue weighted by molar-refractivity contribution is 0.122. The molecule has 4 heterocycles. The zero-order valence-corrected chi connectivity index (χ0v) is 16.6. The molecule has 160 valence electrons. The molecule has 0 amide bonds. The van der Waals surface area contributed by atoms with E-state index in [2.05, 4.69) is 20.2 Å². The summed E-state index contributed by atoms with van der Waals surface area (Å²) < 4.78 is 37.0. The van der Waals surface area contributed by atoms with E-state index in [1.54, 1.807) is 11.7 Å². The molecule has 1 aliphatic rings. The van der Waals surface area contributed by atoms with Crippen molar-refractivity contribution in [3.63, 3.8) is 0 Å². The summed E-state index contributed by atoms with van der Waals surface area (Å²) in [7, 11) is 1.80. The average molecular weight is 427 g/mol. The molecule has 0 bridgehead atoms. The second kappa shape index (κ2) is 7.20. The van der Waals surface area contributed by atoms with Gasteiger partial charge in [-0.1, -0.05) is 6.07 Å². The van der Waals surface area contributed by atoms with Crippen LogP contribution in [-0.4, -0.2) is 50.8 Å². The van der Waals surface area contributed by atoms with Crippen molar-refractivity contribution in [3.05, 3.63) is 52.5 Å². The van der Waals surface area contributed by atoms with E-state index in [4.69, 9.17) is 10.5 Å². The van der Waals surface area contributed by atoms with E-state index >= 15 is 0 Å². The van der Waals surface area contributed by atoms with Crippen molar-refractivity contribution >= 4 is 22.5 Å². The summed E-state index contributed by atoms with van der Waals surface area (Å²) in [4.78, 5) is 15.2. The predicted molar refractivity (Wildman–Crippen MR) is 111 cm³/mol. The third-order valence-corrected chi connectivity index (χ3v) is 5.40. The van der Waals surface area contributed by atoms with Gasteiger partial charge in [0.1, 0.15) is 28.5 Å². The second-order valence-electron chi connectivity index (χ2n) is 7.26. The number of para-hydroxylation sites is 1. The molecule has 11 heteroatoms. The number of aryl methyl sites for hydroxylation is 1. The van der Waals surface area contributed by atoms with Crippen LogP contribution in [0.2, 0.25) is 0 Å². The summed E-state index contributed by atoms with van der Waals surface area (Å²) in [5.41, 5.74) is 6.03. The Morgan fingerprint density at radius 2 is 1.90 bits per heavy atom. The number of aromatic amines is 1. The Kier molecular flexibility index (Phi) is 4.47. The number of pyridine rings is 1. The van der Waals surface area contributed by atoms with Crippen LogP contribution in [0.4, 0.5) is 20.4 Å². The third kappa shape index (κ3) is 3.05. The first kappa shape index (κ1) is 19.2. The number of morpholine rings is 1. The lowest BCUT2D eigenvalue weighted by Crippen LogP contribution is -2.37. The summed E-state index contributed by atoms with van der Waals surface area (Å²) in [5.74, 6) is -0.945. The molecule has 1 fully saturated rings. The van der Waals surface area contributed by atoms with Gasteiger partial charge in [0.25, 0.3) is 5.56 Å². The number of nitrogens with two attached hydrogens (primary N) is 1. The van der Waals surface area contributed by atoms with Crippen molar-refractivity contribution < 1.29 is 13.5 Å². The van der Waals surface area contributed by atoms with Gasteiger partial charge in [0.15, 0.2) is 5.82 Å². The number of hydrogen-bond donors (Lipinski definition) is 2. The second-order valence-corrected chi connectivity index (χ2v) is 7.26. The minimum atomic E-state index is -0.871. The van der Waals surface area contributed by atoms with Gasteiger partial charge in [0.05, 0.1) is 24.4 Å². The number of fused-ring (bicyclic) bond motifs is 1. The Bertz CT molecular complexity index is 1330. The van der Waals surface area contributed by atoms with Gasteiger partial charge in [0, 0.05) is 38.0 Å². The highest BCUT2D eigenvalue weighted by molar-refractivity contribution is 5.98. The molecular formula is C20H19F2N7O2. The van der Waals surface area contributed by atoms with Gasteiger partial charge in [-0.2, -0.15) is 10.2 Å². The maximum Gasteiger partial charge on any atom is 0.268 e. The van der Waals surface area contributed by atoms with Crippen LogP contribution in [0.15, 0.2) is 35.3 Å². The number of halogens is 2. The number of rotatable bonds is 3. The van der Waals surface area contributed by atoms with Crippen LogP contribution in [0, 0.1) is 11.6 Å². The lowest BCUT2D eigenvalue weighted by atomic mass is 10.1. The summed E-state index contributed by atoms with van der Waals surface area (Å²) >= 11 is 0. The highest BCUT2D eigenvalue weighted by atomic mass is 19.1. The van der Waals surface area contributed by atoms with Crippen molar-refractivity contribution in [3.8, 4) is 16.9 Å². The van der Waals surface area contributed by atoms with E-state index in [0.717, 1.165) is 22.5 Å². The third-order valence-electron chi connectivity index (χ3n) is 5.40. The Morgan fingerprint density at radius 3 is 2.61 bits per heavy atom. The molecule has 0 atom stereocenters. The van der Waals surface area contributed by atoms with Gasteiger partial charge in [-0.05, 0) is 12.1 Å². The number of aromatic nitrogens is 5. The average Bonchev–Trinajstić information content (AvgIpc) is 3.33. The number of ether oxygens (including phenoxy) is 1. The molecule has 9 nitrogen and oxygen atoms in total. The zero-order chi connectivity index (χ0) is 21.7. The summed E-state index contributed by atoms with van der Waals surface area (Å²) in [5, 5.41) is 11.3. The van der Waals surface area contributed by atoms with Gasteiger partial charge in [-0.3, -0.25) is 19.1 Å².